The lowest BCUT2D eigenvalue weighted by atomic mass is 10.2. The van der Waals surface area contributed by atoms with Gasteiger partial charge in [0.15, 0.2) is 18.1 Å². The van der Waals surface area contributed by atoms with Crippen molar-refractivity contribution in [1.82, 2.24) is 0 Å². The highest BCUT2D eigenvalue weighted by Crippen LogP contribution is 2.32. The van der Waals surface area contributed by atoms with E-state index in [0.717, 1.165) is 16.9 Å². The Morgan fingerprint density at radius 3 is 2.64 bits per heavy atom. The lowest BCUT2D eigenvalue weighted by Crippen LogP contribution is -2.21. The first-order valence-electron chi connectivity index (χ1n) is 9.06. The number of benzene rings is 2. The molecular formula is C21H23NO5S. The van der Waals surface area contributed by atoms with Crippen LogP contribution in [-0.4, -0.2) is 37.4 Å². The first-order chi connectivity index (χ1) is 13.5. The van der Waals surface area contributed by atoms with Crippen molar-refractivity contribution in [2.24, 2.45) is 0 Å². The first kappa shape index (κ1) is 20.1. The lowest BCUT2D eigenvalue weighted by Gasteiger charge is -2.11. The van der Waals surface area contributed by atoms with Crippen LogP contribution in [-0.2, 0) is 14.3 Å². The SMILES string of the molecule is Cc1ccc(SCC(=O)OCC(=O)Nc2ccc3c(c2)OCCCO3)c(C)c1. The van der Waals surface area contributed by atoms with Crippen LogP contribution in [0.4, 0.5) is 5.69 Å². The fraction of sp³-hybridized carbons (Fsp3) is 0.333. The minimum Gasteiger partial charge on any atom is -0.490 e. The molecule has 0 unspecified atom stereocenters. The summed E-state index contributed by atoms with van der Waals surface area (Å²) in [6.07, 6.45) is 0.812. The average molecular weight is 401 g/mol. The molecular weight excluding hydrogens is 378 g/mol. The summed E-state index contributed by atoms with van der Waals surface area (Å²) in [4.78, 5) is 25.0. The summed E-state index contributed by atoms with van der Waals surface area (Å²) in [5, 5.41) is 2.70. The van der Waals surface area contributed by atoms with Crippen LogP contribution >= 0.6 is 11.8 Å². The number of esters is 1. The summed E-state index contributed by atoms with van der Waals surface area (Å²) < 4.78 is 16.2. The fourth-order valence-corrected chi connectivity index (χ4v) is 3.53. The normalized spacial score (nSPS) is 12.8. The zero-order valence-corrected chi connectivity index (χ0v) is 16.8. The number of fused-ring (bicyclic) bond motifs is 1. The Hall–Kier alpha value is -2.67. The number of aryl methyl sites for hydroxylation is 2. The molecule has 0 saturated carbocycles. The number of amides is 1. The lowest BCUT2D eigenvalue weighted by molar-refractivity contribution is -0.144. The number of hydrogen-bond acceptors (Lipinski definition) is 6. The Balaban J connectivity index is 1.45. The molecule has 0 fully saturated rings. The van der Waals surface area contributed by atoms with Crippen LogP contribution < -0.4 is 14.8 Å². The van der Waals surface area contributed by atoms with E-state index in [1.807, 2.05) is 26.0 Å². The summed E-state index contributed by atoms with van der Waals surface area (Å²) in [6.45, 7) is 4.87. The maximum Gasteiger partial charge on any atom is 0.316 e. The van der Waals surface area contributed by atoms with Gasteiger partial charge in [0.2, 0.25) is 0 Å². The third-order valence-electron chi connectivity index (χ3n) is 4.07. The van der Waals surface area contributed by atoms with Crippen molar-refractivity contribution in [2.75, 3.05) is 30.9 Å². The van der Waals surface area contributed by atoms with Gasteiger partial charge in [0.1, 0.15) is 0 Å². The largest absolute Gasteiger partial charge is 0.490 e. The highest BCUT2D eigenvalue weighted by Gasteiger charge is 2.13. The van der Waals surface area contributed by atoms with Crippen molar-refractivity contribution < 1.29 is 23.8 Å². The Kier molecular flexibility index (Phi) is 6.81. The molecule has 148 valence electrons. The summed E-state index contributed by atoms with van der Waals surface area (Å²) in [7, 11) is 0. The number of anilines is 1. The molecule has 2 aromatic carbocycles. The van der Waals surface area contributed by atoms with Gasteiger partial charge in [0, 0.05) is 23.1 Å². The highest BCUT2D eigenvalue weighted by molar-refractivity contribution is 8.00. The standard InChI is InChI=1S/C21H23NO5S/c1-14-4-7-19(15(2)10-14)28-13-21(24)27-12-20(23)22-16-5-6-17-18(11-16)26-9-3-8-25-17/h4-7,10-11H,3,8-9,12-13H2,1-2H3,(H,22,23). The molecule has 0 spiro atoms. The predicted octanol–water partition coefficient (Wildman–Crippen LogP) is 3.74. The summed E-state index contributed by atoms with van der Waals surface area (Å²) in [6, 6.07) is 11.2. The highest BCUT2D eigenvalue weighted by atomic mass is 32.2. The van der Waals surface area contributed by atoms with Crippen LogP contribution in [0.2, 0.25) is 0 Å². The van der Waals surface area contributed by atoms with E-state index in [1.54, 1.807) is 18.2 Å². The maximum absolute atomic E-state index is 12.1. The number of carbonyl (C=O) groups is 2. The topological polar surface area (TPSA) is 73.9 Å². The van der Waals surface area contributed by atoms with E-state index in [1.165, 1.54) is 17.3 Å². The monoisotopic (exact) mass is 401 g/mol. The zero-order valence-electron chi connectivity index (χ0n) is 15.9. The van der Waals surface area contributed by atoms with E-state index < -0.39 is 11.9 Å². The summed E-state index contributed by atoms with van der Waals surface area (Å²) in [5.74, 6) is 0.571. The molecule has 28 heavy (non-hydrogen) atoms. The third kappa shape index (κ3) is 5.66. The Labute approximate surface area is 168 Å². The van der Waals surface area contributed by atoms with E-state index in [0.29, 0.717) is 30.4 Å². The van der Waals surface area contributed by atoms with Crippen molar-refractivity contribution in [3.63, 3.8) is 0 Å². The van der Waals surface area contributed by atoms with Crippen molar-refractivity contribution in [1.29, 1.82) is 0 Å². The van der Waals surface area contributed by atoms with Crippen molar-refractivity contribution in [3.05, 3.63) is 47.5 Å². The molecule has 0 saturated heterocycles. The fourth-order valence-electron chi connectivity index (χ4n) is 2.72. The molecule has 2 aromatic rings. The molecule has 6 nitrogen and oxygen atoms in total. The molecule has 1 N–H and O–H groups in total. The van der Waals surface area contributed by atoms with E-state index in [9.17, 15) is 9.59 Å². The van der Waals surface area contributed by atoms with Gasteiger partial charge in [0.25, 0.3) is 5.91 Å². The number of ether oxygens (including phenoxy) is 3. The van der Waals surface area contributed by atoms with Gasteiger partial charge in [-0.3, -0.25) is 9.59 Å². The van der Waals surface area contributed by atoms with Gasteiger partial charge < -0.3 is 19.5 Å². The molecule has 0 bridgehead atoms. The second-order valence-electron chi connectivity index (χ2n) is 6.48. The van der Waals surface area contributed by atoms with Crippen LogP contribution in [0.25, 0.3) is 0 Å². The van der Waals surface area contributed by atoms with Gasteiger partial charge in [-0.2, -0.15) is 0 Å². The van der Waals surface area contributed by atoms with Crippen LogP contribution in [0.1, 0.15) is 17.5 Å². The minimum atomic E-state index is -0.432. The summed E-state index contributed by atoms with van der Waals surface area (Å²) >= 11 is 1.40. The molecule has 0 aliphatic carbocycles. The number of hydrogen-bond donors (Lipinski definition) is 1. The predicted molar refractivity (Wildman–Crippen MR) is 108 cm³/mol. The smallest absolute Gasteiger partial charge is 0.316 e. The second kappa shape index (κ2) is 9.50. The molecule has 1 aliphatic heterocycles. The molecule has 3 rings (SSSR count). The first-order valence-corrected chi connectivity index (χ1v) is 10.0. The minimum absolute atomic E-state index is 0.154. The molecule has 0 radical (unpaired) electrons. The van der Waals surface area contributed by atoms with E-state index in [-0.39, 0.29) is 12.4 Å². The van der Waals surface area contributed by atoms with Gasteiger partial charge in [0.05, 0.1) is 19.0 Å². The van der Waals surface area contributed by atoms with Crippen LogP contribution in [0.5, 0.6) is 11.5 Å². The molecule has 1 aliphatic rings. The van der Waals surface area contributed by atoms with Gasteiger partial charge in [-0.25, -0.2) is 0 Å². The van der Waals surface area contributed by atoms with Crippen molar-refractivity contribution >= 4 is 29.3 Å². The van der Waals surface area contributed by atoms with Crippen LogP contribution in [0, 0.1) is 13.8 Å². The quantitative estimate of drug-likeness (QED) is 0.587. The van der Waals surface area contributed by atoms with Gasteiger partial charge in [-0.1, -0.05) is 17.7 Å². The molecule has 0 atom stereocenters. The van der Waals surface area contributed by atoms with Gasteiger partial charge in [-0.05, 0) is 37.6 Å². The van der Waals surface area contributed by atoms with Gasteiger partial charge in [-0.15, -0.1) is 11.8 Å². The Morgan fingerprint density at radius 1 is 1.07 bits per heavy atom. The Morgan fingerprint density at radius 2 is 1.86 bits per heavy atom. The summed E-state index contributed by atoms with van der Waals surface area (Å²) in [5.41, 5.74) is 2.86. The number of rotatable bonds is 6. The van der Waals surface area contributed by atoms with Gasteiger partial charge >= 0.3 is 5.97 Å². The van der Waals surface area contributed by atoms with E-state index >= 15 is 0 Å². The van der Waals surface area contributed by atoms with E-state index in [4.69, 9.17) is 14.2 Å². The van der Waals surface area contributed by atoms with Crippen LogP contribution in [0.15, 0.2) is 41.3 Å². The molecule has 7 heteroatoms. The Bertz CT molecular complexity index is 868. The third-order valence-corrected chi connectivity index (χ3v) is 5.22. The number of nitrogens with one attached hydrogen (secondary N) is 1. The zero-order chi connectivity index (χ0) is 19.9. The maximum atomic E-state index is 12.1. The van der Waals surface area contributed by atoms with Crippen molar-refractivity contribution in [2.45, 2.75) is 25.2 Å². The molecule has 0 aromatic heterocycles. The average Bonchev–Trinajstić information content (AvgIpc) is 2.90. The number of carbonyl (C=O) groups excluding carboxylic acids is 2. The molecule has 1 amide bonds. The van der Waals surface area contributed by atoms with Crippen LogP contribution in [0.3, 0.4) is 0 Å². The second-order valence-corrected chi connectivity index (χ2v) is 7.50. The van der Waals surface area contributed by atoms with Crippen molar-refractivity contribution in [3.8, 4) is 11.5 Å². The molecule has 1 heterocycles. The number of thioether (sulfide) groups is 1. The van der Waals surface area contributed by atoms with E-state index in [2.05, 4.69) is 11.4 Å².